The predicted molar refractivity (Wildman–Crippen MR) is 84.3 cm³/mol. The molecule has 0 radical (unpaired) electrons. The van der Waals surface area contributed by atoms with Crippen LogP contribution in [-0.4, -0.2) is 20.4 Å². The van der Waals surface area contributed by atoms with Gasteiger partial charge in [-0.05, 0) is 42.8 Å². The fourth-order valence-electron chi connectivity index (χ4n) is 1.92. The second-order valence-electron chi connectivity index (χ2n) is 4.96. The number of anilines is 2. The first-order chi connectivity index (χ1) is 9.94. The molecule has 0 unspecified atom stereocenters. The van der Waals surface area contributed by atoms with Crippen molar-refractivity contribution in [3.8, 4) is 0 Å². The van der Waals surface area contributed by atoms with Crippen molar-refractivity contribution >= 4 is 21.5 Å². The Morgan fingerprint density at radius 3 is 2.57 bits per heavy atom. The highest BCUT2D eigenvalue weighted by atomic mass is 32.2. The van der Waals surface area contributed by atoms with Crippen LogP contribution in [0.25, 0.3) is 0 Å². The van der Waals surface area contributed by atoms with Gasteiger partial charge in [-0.15, -0.1) is 0 Å². The molecule has 0 saturated carbocycles. The molecule has 0 spiro atoms. The number of hydrogen-bond acceptors (Lipinski definition) is 4. The van der Waals surface area contributed by atoms with Crippen LogP contribution in [0.2, 0.25) is 0 Å². The quantitative estimate of drug-likeness (QED) is 0.891. The number of pyridine rings is 1. The van der Waals surface area contributed by atoms with Gasteiger partial charge in [0, 0.05) is 11.9 Å². The van der Waals surface area contributed by atoms with Crippen LogP contribution in [0, 0.1) is 0 Å². The molecule has 0 saturated heterocycles. The third-order valence-electron chi connectivity index (χ3n) is 3.14. The summed E-state index contributed by atoms with van der Waals surface area (Å²) >= 11 is 0. The van der Waals surface area contributed by atoms with Crippen molar-refractivity contribution in [1.29, 1.82) is 0 Å². The molecule has 0 aliphatic heterocycles. The van der Waals surface area contributed by atoms with E-state index in [0.29, 0.717) is 11.7 Å². The van der Waals surface area contributed by atoms with E-state index in [9.17, 15) is 8.42 Å². The normalized spacial score (nSPS) is 11.6. The molecule has 0 aliphatic rings. The molecule has 6 heteroatoms. The van der Waals surface area contributed by atoms with E-state index < -0.39 is 10.0 Å². The number of rotatable bonds is 5. The summed E-state index contributed by atoms with van der Waals surface area (Å²) in [5.41, 5.74) is 1.99. The highest BCUT2D eigenvalue weighted by molar-refractivity contribution is 7.89. The SMILES string of the molecule is CNS(=O)(=O)c1cccnc1Nc1cccc(C(C)C)c1. The summed E-state index contributed by atoms with van der Waals surface area (Å²) < 4.78 is 26.3. The molecule has 0 aliphatic carbocycles. The molecule has 2 rings (SSSR count). The number of nitrogens with one attached hydrogen (secondary N) is 2. The lowest BCUT2D eigenvalue weighted by Crippen LogP contribution is -2.20. The molecule has 0 bridgehead atoms. The fraction of sp³-hybridized carbons (Fsp3) is 0.267. The average molecular weight is 305 g/mol. The van der Waals surface area contributed by atoms with Crippen LogP contribution < -0.4 is 10.0 Å². The van der Waals surface area contributed by atoms with Crippen LogP contribution in [0.4, 0.5) is 11.5 Å². The van der Waals surface area contributed by atoms with E-state index in [2.05, 4.69) is 28.9 Å². The largest absolute Gasteiger partial charge is 0.339 e. The van der Waals surface area contributed by atoms with Crippen molar-refractivity contribution in [2.45, 2.75) is 24.7 Å². The van der Waals surface area contributed by atoms with Gasteiger partial charge in [0.25, 0.3) is 0 Å². The van der Waals surface area contributed by atoms with Crippen LogP contribution in [0.15, 0.2) is 47.5 Å². The Labute approximate surface area is 125 Å². The van der Waals surface area contributed by atoms with E-state index in [-0.39, 0.29) is 4.90 Å². The van der Waals surface area contributed by atoms with Crippen LogP contribution >= 0.6 is 0 Å². The third-order valence-corrected chi connectivity index (χ3v) is 4.59. The molecule has 1 aromatic heterocycles. The summed E-state index contributed by atoms with van der Waals surface area (Å²) in [4.78, 5) is 4.26. The van der Waals surface area contributed by atoms with E-state index in [1.54, 1.807) is 12.3 Å². The lowest BCUT2D eigenvalue weighted by atomic mass is 10.0. The number of hydrogen-bond donors (Lipinski definition) is 2. The van der Waals surface area contributed by atoms with Gasteiger partial charge < -0.3 is 5.32 Å². The molecular formula is C15H19N3O2S. The first-order valence-corrected chi connectivity index (χ1v) is 8.18. The standard InChI is InChI=1S/C15H19N3O2S/c1-11(2)12-6-4-7-13(10-12)18-15-14(8-5-9-17-15)21(19,20)16-3/h4-11,16H,1-3H3,(H,17,18). The van der Waals surface area contributed by atoms with Crippen molar-refractivity contribution in [2.24, 2.45) is 0 Å². The average Bonchev–Trinajstić information content (AvgIpc) is 2.48. The minimum atomic E-state index is -3.55. The molecule has 2 aromatic rings. The summed E-state index contributed by atoms with van der Waals surface area (Å²) in [6, 6.07) is 11.0. The maximum absolute atomic E-state index is 12.0. The van der Waals surface area contributed by atoms with Gasteiger partial charge in [0.1, 0.15) is 4.90 Å². The predicted octanol–water partition coefficient (Wildman–Crippen LogP) is 2.86. The van der Waals surface area contributed by atoms with Gasteiger partial charge in [0.2, 0.25) is 10.0 Å². The topological polar surface area (TPSA) is 71.1 Å². The van der Waals surface area contributed by atoms with Crippen LogP contribution in [0.1, 0.15) is 25.3 Å². The molecule has 21 heavy (non-hydrogen) atoms. The maximum atomic E-state index is 12.0. The zero-order valence-corrected chi connectivity index (χ0v) is 13.1. The summed E-state index contributed by atoms with van der Waals surface area (Å²) in [7, 11) is -2.17. The molecule has 112 valence electrons. The van der Waals surface area contributed by atoms with Crippen molar-refractivity contribution in [3.63, 3.8) is 0 Å². The number of nitrogens with zero attached hydrogens (tertiary/aromatic N) is 1. The minimum Gasteiger partial charge on any atom is -0.339 e. The second kappa shape index (κ2) is 6.24. The van der Waals surface area contributed by atoms with Crippen molar-refractivity contribution in [1.82, 2.24) is 9.71 Å². The summed E-state index contributed by atoms with van der Waals surface area (Å²) in [5.74, 6) is 0.712. The Hall–Kier alpha value is -1.92. The number of sulfonamides is 1. The van der Waals surface area contributed by atoms with Gasteiger partial charge in [-0.3, -0.25) is 0 Å². The van der Waals surface area contributed by atoms with Crippen molar-refractivity contribution < 1.29 is 8.42 Å². The van der Waals surface area contributed by atoms with E-state index in [1.807, 2.05) is 24.3 Å². The molecule has 5 nitrogen and oxygen atoms in total. The number of benzene rings is 1. The van der Waals surface area contributed by atoms with E-state index >= 15 is 0 Å². The van der Waals surface area contributed by atoms with Gasteiger partial charge in [-0.25, -0.2) is 18.1 Å². The minimum absolute atomic E-state index is 0.127. The third kappa shape index (κ3) is 3.59. The van der Waals surface area contributed by atoms with Crippen molar-refractivity contribution in [2.75, 3.05) is 12.4 Å². The summed E-state index contributed by atoms with van der Waals surface area (Å²) in [6.45, 7) is 4.22. The zero-order chi connectivity index (χ0) is 15.5. The summed E-state index contributed by atoms with van der Waals surface area (Å²) in [5, 5.41) is 3.08. The van der Waals surface area contributed by atoms with Gasteiger partial charge >= 0.3 is 0 Å². The Morgan fingerprint density at radius 2 is 1.90 bits per heavy atom. The van der Waals surface area contributed by atoms with Gasteiger partial charge in [-0.1, -0.05) is 26.0 Å². The molecule has 0 atom stereocenters. The molecule has 1 heterocycles. The molecule has 0 fully saturated rings. The Morgan fingerprint density at radius 1 is 1.14 bits per heavy atom. The van der Waals surface area contributed by atoms with E-state index in [4.69, 9.17) is 0 Å². The van der Waals surface area contributed by atoms with Crippen LogP contribution in [0.5, 0.6) is 0 Å². The van der Waals surface area contributed by atoms with E-state index in [0.717, 1.165) is 5.69 Å². The lowest BCUT2D eigenvalue weighted by Gasteiger charge is -2.12. The molecule has 1 aromatic carbocycles. The Kier molecular flexibility index (Phi) is 4.59. The first-order valence-electron chi connectivity index (χ1n) is 6.69. The lowest BCUT2D eigenvalue weighted by molar-refractivity contribution is 0.588. The van der Waals surface area contributed by atoms with Crippen molar-refractivity contribution in [3.05, 3.63) is 48.2 Å². The van der Waals surface area contributed by atoms with Gasteiger partial charge in [0.05, 0.1) is 0 Å². The molecule has 0 amide bonds. The fourth-order valence-corrected chi connectivity index (χ4v) is 2.76. The Balaban J connectivity index is 2.39. The zero-order valence-electron chi connectivity index (χ0n) is 12.3. The molecular weight excluding hydrogens is 286 g/mol. The monoisotopic (exact) mass is 305 g/mol. The second-order valence-corrected chi connectivity index (χ2v) is 6.82. The van der Waals surface area contributed by atoms with Gasteiger partial charge in [-0.2, -0.15) is 0 Å². The van der Waals surface area contributed by atoms with E-state index in [1.165, 1.54) is 18.7 Å². The Bertz CT molecular complexity index is 727. The van der Waals surface area contributed by atoms with Crippen LogP contribution in [-0.2, 0) is 10.0 Å². The van der Waals surface area contributed by atoms with Gasteiger partial charge in [0.15, 0.2) is 5.82 Å². The smallest absolute Gasteiger partial charge is 0.243 e. The highest BCUT2D eigenvalue weighted by Gasteiger charge is 2.17. The van der Waals surface area contributed by atoms with Crippen LogP contribution in [0.3, 0.4) is 0 Å². The number of aromatic nitrogens is 1. The highest BCUT2D eigenvalue weighted by Crippen LogP contribution is 2.24. The molecule has 2 N–H and O–H groups in total. The summed E-state index contributed by atoms with van der Waals surface area (Å²) in [6.07, 6.45) is 1.56. The first kappa shape index (κ1) is 15.5. The maximum Gasteiger partial charge on any atom is 0.243 e.